The van der Waals surface area contributed by atoms with E-state index in [0.29, 0.717) is 13.0 Å². The molecule has 1 saturated heterocycles. The van der Waals surface area contributed by atoms with Gasteiger partial charge in [0.1, 0.15) is 17.5 Å². The van der Waals surface area contributed by atoms with Crippen LogP contribution in [-0.4, -0.2) is 30.0 Å². The Hall–Kier alpha value is -2.17. The van der Waals surface area contributed by atoms with Gasteiger partial charge in [-0.05, 0) is 43.2 Å². The van der Waals surface area contributed by atoms with Gasteiger partial charge in [-0.3, -0.25) is 4.79 Å². The Labute approximate surface area is 179 Å². The number of anilines is 1. The third kappa shape index (κ3) is 5.30. The van der Waals surface area contributed by atoms with Gasteiger partial charge >= 0.3 is 12.1 Å². The summed E-state index contributed by atoms with van der Waals surface area (Å²) >= 11 is 6.95. The Balaban J connectivity index is 1.65. The number of methoxy groups -OCH3 is 1. The van der Waals surface area contributed by atoms with Crippen molar-refractivity contribution < 1.29 is 31.8 Å². The van der Waals surface area contributed by atoms with Gasteiger partial charge < -0.3 is 14.2 Å². The van der Waals surface area contributed by atoms with Crippen molar-refractivity contribution in [2.45, 2.75) is 25.1 Å². The lowest BCUT2D eigenvalue weighted by atomic mass is 10.2. The zero-order valence-corrected chi connectivity index (χ0v) is 17.2. The molecule has 0 saturated carbocycles. The average molecular weight is 465 g/mol. The van der Waals surface area contributed by atoms with Gasteiger partial charge in [0.25, 0.3) is 0 Å². The number of halogens is 5. The molecule has 0 aromatic heterocycles. The molecular formula is C19H17ClF4N2O3S. The van der Waals surface area contributed by atoms with Gasteiger partial charge in [-0.2, -0.15) is 13.2 Å². The van der Waals surface area contributed by atoms with E-state index in [2.05, 4.69) is 4.72 Å². The highest BCUT2D eigenvalue weighted by molar-refractivity contribution is 7.98. The Morgan fingerprint density at radius 2 is 2.03 bits per heavy atom. The van der Waals surface area contributed by atoms with Gasteiger partial charge in [0.15, 0.2) is 5.82 Å². The Bertz CT molecular complexity index is 929. The summed E-state index contributed by atoms with van der Waals surface area (Å²) in [6, 6.07) is 6.19. The van der Waals surface area contributed by atoms with Gasteiger partial charge in [0.2, 0.25) is 0 Å². The number of nitrogens with one attached hydrogen (secondary N) is 1. The minimum Gasteiger partial charge on any atom is -0.468 e. The third-order valence-corrected chi connectivity index (χ3v) is 5.66. The number of ether oxygens (including phenoxy) is 2. The summed E-state index contributed by atoms with van der Waals surface area (Å²) in [4.78, 5) is 11.8. The molecule has 162 valence electrons. The van der Waals surface area contributed by atoms with Crippen molar-refractivity contribution in [1.82, 2.24) is 4.31 Å². The van der Waals surface area contributed by atoms with E-state index in [0.717, 1.165) is 42.8 Å². The fraction of sp³-hybridized carbons (Fsp3) is 0.316. The zero-order valence-electron chi connectivity index (χ0n) is 15.6. The Kier molecular flexibility index (Phi) is 6.99. The van der Waals surface area contributed by atoms with Crippen LogP contribution in [0.2, 0.25) is 5.02 Å². The highest BCUT2D eigenvalue weighted by atomic mass is 35.5. The summed E-state index contributed by atoms with van der Waals surface area (Å²) in [7, 11) is 1.32. The molecule has 11 heteroatoms. The molecule has 1 fully saturated rings. The molecule has 1 aliphatic rings. The van der Waals surface area contributed by atoms with E-state index in [1.54, 1.807) is 4.31 Å². The smallest absolute Gasteiger partial charge is 0.416 e. The molecule has 1 atom stereocenters. The van der Waals surface area contributed by atoms with Crippen LogP contribution in [0.15, 0.2) is 36.4 Å². The molecule has 0 amide bonds. The largest absolute Gasteiger partial charge is 0.468 e. The van der Waals surface area contributed by atoms with E-state index in [1.807, 2.05) is 0 Å². The lowest BCUT2D eigenvalue weighted by Crippen LogP contribution is -2.33. The van der Waals surface area contributed by atoms with Crippen molar-refractivity contribution in [2.24, 2.45) is 0 Å². The molecule has 0 bridgehead atoms. The van der Waals surface area contributed by atoms with Crippen molar-refractivity contribution in [2.75, 3.05) is 18.4 Å². The standard InChI is InChI=1S/C19H17ClF4N2O3S/c1-28-18(27)16-3-2-8-26(16)30-25-15-6-5-12(10-14(15)21)29-17-7-4-11(9-13(17)20)19(22,23)24/h4-7,9-10,16,25H,2-3,8H2,1H3/t16-/m0/s1. The maximum Gasteiger partial charge on any atom is 0.416 e. The minimum absolute atomic E-state index is 0.0304. The predicted octanol–water partition coefficient (Wildman–Crippen LogP) is 5.90. The fourth-order valence-corrected chi connectivity index (χ4v) is 4.00. The number of rotatable bonds is 6. The number of hydrogen-bond donors (Lipinski definition) is 1. The second kappa shape index (κ2) is 9.32. The van der Waals surface area contributed by atoms with Crippen LogP contribution in [0.3, 0.4) is 0 Å². The normalized spacial score (nSPS) is 17.1. The van der Waals surface area contributed by atoms with Crippen molar-refractivity contribution in [3.63, 3.8) is 0 Å². The van der Waals surface area contributed by atoms with Gasteiger partial charge in [-0.1, -0.05) is 11.6 Å². The number of esters is 1. The quantitative estimate of drug-likeness (QED) is 0.326. The monoisotopic (exact) mass is 464 g/mol. The maximum absolute atomic E-state index is 14.4. The number of benzene rings is 2. The highest BCUT2D eigenvalue weighted by Crippen LogP contribution is 2.37. The molecule has 0 radical (unpaired) electrons. The highest BCUT2D eigenvalue weighted by Gasteiger charge is 2.33. The van der Waals surface area contributed by atoms with E-state index >= 15 is 0 Å². The van der Waals surface area contributed by atoms with E-state index in [-0.39, 0.29) is 28.2 Å². The van der Waals surface area contributed by atoms with Crippen LogP contribution in [0.4, 0.5) is 23.2 Å². The summed E-state index contributed by atoms with van der Waals surface area (Å²) in [5.74, 6) is -0.952. The molecule has 1 N–H and O–H groups in total. The van der Waals surface area contributed by atoms with Crippen LogP contribution in [0, 0.1) is 5.82 Å². The predicted molar refractivity (Wildman–Crippen MR) is 106 cm³/mol. The molecule has 0 aliphatic carbocycles. The molecule has 30 heavy (non-hydrogen) atoms. The van der Waals surface area contributed by atoms with Crippen LogP contribution in [0.1, 0.15) is 18.4 Å². The second-order valence-electron chi connectivity index (χ2n) is 6.40. The van der Waals surface area contributed by atoms with Crippen LogP contribution in [0.5, 0.6) is 11.5 Å². The number of carbonyl (C=O) groups excluding carboxylic acids is 1. The first-order valence-electron chi connectivity index (χ1n) is 8.80. The zero-order chi connectivity index (χ0) is 21.9. The molecule has 1 heterocycles. The van der Waals surface area contributed by atoms with E-state index in [4.69, 9.17) is 21.1 Å². The Morgan fingerprint density at radius 3 is 2.67 bits per heavy atom. The SMILES string of the molecule is COC(=O)[C@@H]1CCCN1SNc1ccc(Oc2ccc(C(F)(F)F)cc2Cl)cc1F. The first kappa shape index (κ1) is 22.5. The number of alkyl halides is 3. The van der Waals surface area contributed by atoms with E-state index in [9.17, 15) is 22.4 Å². The molecular weight excluding hydrogens is 448 g/mol. The van der Waals surface area contributed by atoms with Gasteiger partial charge in [-0.15, -0.1) is 0 Å². The average Bonchev–Trinajstić information content (AvgIpc) is 3.16. The lowest BCUT2D eigenvalue weighted by Gasteiger charge is -2.21. The fourth-order valence-electron chi connectivity index (χ4n) is 2.86. The van der Waals surface area contributed by atoms with Crippen LogP contribution < -0.4 is 9.46 Å². The van der Waals surface area contributed by atoms with Crippen molar-refractivity contribution in [3.05, 3.63) is 52.8 Å². The molecule has 5 nitrogen and oxygen atoms in total. The van der Waals surface area contributed by atoms with Gasteiger partial charge in [0, 0.05) is 24.7 Å². The second-order valence-corrected chi connectivity index (χ2v) is 7.66. The van der Waals surface area contributed by atoms with Gasteiger partial charge in [0.05, 0.1) is 23.4 Å². The maximum atomic E-state index is 14.4. The molecule has 0 unspecified atom stereocenters. The van der Waals surface area contributed by atoms with Crippen LogP contribution >= 0.6 is 23.7 Å². The molecule has 3 rings (SSSR count). The number of carbonyl (C=O) groups is 1. The summed E-state index contributed by atoms with van der Waals surface area (Å²) in [6.45, 7) is 0.646. The lowest BCUT2D eigenvalue weighted by molar-refractivity contribution is -0.144. The molecule has 1 aliphatic heterocycles. The van der Waals surface area contributed by atoms with Crippen molar-refractivity contribution >= 4 is 35.4 Å². The third-order valence-electron chi connectivity index (χ3n) is 4.38. The summed E-state index contributed by atoms with van der Waals surface area (Å²) < 4.78 is 67.3. The number of hydrogen-bond acceptors (Lipinski definition) is 6. The van der Waals surface area contributed by atoms with Crippen LogP contribution in [-0.2, 0) is 15.7 Å². The molecule has 2 aromatic carbocycles. The van der Waals surface area contributed by atoms with Crippen LogP contribution in [0.25, 0.3) is 0 Å². The summed E-state index contributed by atoms with van der Waals surface area (Å²) in [6.07, 6.45) is -3.05. The first-order chi connectivity index (χ1) is 14.2. The first-order valence-corrected chi connectivity index (χ1v) is 9.96. The van der Waals surface area contributed by atoms with Gasteiger partial charge in [-0.25, -0.2) is 8.70 Å². The van der Waals surface area contributed by atoms with Crippen molar-refractivity contribution in [1.29, 1.82) is 0 Å². The van der Waals surface area contributed by atoms with Crippen molar-refractivity contribution in [3.8, 4) is 11.5 Å². The minimum atomic E-state index is -4.53. The Morgan fingerprint density at radius 1 is 1.27 bits per heavy atom. The molecule has 0 spiro atoms. The summed E-state index contributed by atoms with van der Waals surface area (Å²) in [5, 5.41) is -0.245. The molecule has 2 aromatic rings. The topological polar surface area (TPSA) is 50.8 Å². The summed E-state index contributed by atoms with van der Waals surface area (Å²) in [5.41, 5.74) is -0.754. The van der Waals surface area contributed by atoms with E-state index < -0.39 is 23.6 Å². The number of nitrogens with zero attached hydrogens (tertiary/aromatic N) is 1. The van der Waals surface area contributed by atoms with E-state index in [1.165, 1.54) is 19.2 Å².